The van der Waals surface area contributed by atoms with Crippen molar-refractivity contribution in [3.05, 3.63) is 29.3 Å². The number of halogens is 3. The molecule has 3 nitrogen and oxygen atoms in total. The summed E-state index contributed by atoms with van der Waals surface area (Å²) in [5.74, 6) is 0.119. The van der Waals surface area contributed by atoms with Gasteiger partial charge in [0.2, 0.25) is 0 Å². The number of methoxy groups -OCH3 is 1. The van der Waals surface area contributed by atoms with Crippen molar-refractivity contribution in [2.75, 3.05) is 13.7 Å². The Labute approximate surface area is 91.2 Å². The van der Waals surface area contributed by atoms with Crippen molar-refractivity contribution in [3.8, 4) is 5.75 Å². The van der Waals surface area contributed by atoms with Crippen LogP contribution in [0.4, 0.5) is 13.2 Å². The highest BCUT2D eigenvalue weighted by molar-refractivity contribution is 5.37. The summed E-state index contributed by atoms with van der Waals surface area (Å²) in [4.78, 5) is 0. The van der Waals surface area contributed by atoms with Crippen molar-refractivity contribution in [1.82, 2.24) is 0 Å². The van der Waals surface area contributed by atoms with E-state index >= 15 is 0 Å². The summed E-state index contributed by atoms with van der Waals surface area (Å²) in [7, 11) is 1.30. The van der Waals surface area contributed by atoms with E-state index in [4.69, 9.17) is 16.2 Å². The zero-order chi connectivity index (χ0) is 12.3. The smallest absolute Gasteiger partial charge is 0.416 e. The lowest BCUT2D eigenvalue weighted by Crippen LogP contribution is -2.21. The molecule has 1 aromatic carbocycles. The van der Waals surface area contributed by atoms with Gasteiger partial charge in [-0.25, -0.2) is 0 Å². The fourth-order valence-corrected chi connectivity index (χ4v) is 1.25. The van der Waals surface area contributed by atoms with Crippen LogP contribution in [0.1, 0.15) is 17.2 Å². The van der Waals surface area contributed by atoms with Crippen LogP contribution in [0.2, 0.25) is 0 Å². The molecule has 6 heteroatoms. The summed E-state index contributed by atoms with van der Waals surface area (Å²) >= 11 is 0. The summed E-state index contributed by atoms with van der Waals surface area (Å²) in [6.45, 7) is 0.0739. The molecule has 0 aromatic heterocycles. The third-order valence-corrected chi connectivity index (χ3v) is 2.17. The predicted molar refractivity (Wildman–Crippen MR) is 54.0 cm³/mol. The molecule has 1 aromatic rings. The first-order valence-electron chi connectivity index (χ1n) is 4.60. The van der Waals surface area contributed by atoms with E-state index in [0.29, 0.717) is 5.56 Å². The molecule has 0 aliphatic rings. The van der Waals surface area contributed by atoms with Gasteiger partial charge in [-0.05, 0) is 23.8 Å². The van der Waals surface area contributed by atoms with Gasteiger partial charge >= 0.3 is 6.18 Å². The number of hydrogen-bond acceptors (Lipinski definition) is 3. The molecule has 0 fully saturated rings. The number of ether oxygens (including phenoxy) is 1. The van der Waals surface area contributed by atoms with Crippen LogP contribution in [0, 0.1) is 0 Å². The zero-order valence-corrected chi connectivity index (χ0v) is 8.71. The average Bonchev–Trinajstić information content (AvgIpc) is 2.26. The molecule has 1 atom stereocenters. The third kappa shape index (κ3) is 2.86. The van der Waals surface area contributed by atoms with E-state index in [1.807, 2.05) is 0 Å². The molecule has 0 unspecified atom stereocenters. The van der Waals surface area contributed by atoms with Crippen LogP contribution in [0.3, 0.4) is 0 Å². The second kappa shape index (κ2) is 4.71. The van der Waals surface area contributed by atoms with Gasteiger partial charge in [0.25, 0.3) is 0 Å². The minimum Gasteiger partial charge on any atom is -0.497 e. The average molecular weight is 234 g/mol. The fraction of sp³-hybridized carbons (Fsp3) is 0.400. The van der Waals surface area contributed by atoms with Gasteiger partial charge < -0.3 is 16.2 Å². The highest BCUT2D eigenvalue weighted by Crippen LogP contribution is 2.33. The van der Waals surface area contributed by atoms with E-state index in [2.05, 4.69) is 0 Å². The standard InChI is InChI=1S/C10H13F3N2O/c1-16-8-3-6(9(15)5-14)2-7(4-8)10(11,12)13/h2-4,9H,5,14-15H2,1H3/t9-/m0/s1. The molecule has 0 saturated heterocycles. The zero-order valence-electron chi connectivity index (χ0n) is 8.71. The molecular weight excluding hydrogens is 221 g/mol. The Hall–Kier alpha value is -1.27. The van der Waals surface area contributed by atoms with Gasteiger partial charge in [0.05, 0.1) is 12.7 Å². The van der Waals surface area contributed by atoms with Gasteiger partial charge in [0.15, 0.2) is 0 Å². The Morgan fingerprint density at radius 3 is 2.38 bits per heavy atom. The molecule has 4 N–H and O–H groups in total. The van der Waals surface area contributed by atoms with E-state index in [9.17, 15) is 13.2 Å². The predicted octanol–water partition coefficient (Wildman–Crippen LogP) is 1.67. The summed E-state index contributed by atoms with van der Waals surface area (Å²) in [5, 5.41) is 0. The number of rotatable bonds is 3. The van der Waals surface area contributed by atoms with Crippen molar-refractivity contribution in [3.63, 3.8) is 0 Å². The normalized spacial score (nSPS) is 13.6. The molecular formula is C10H13F3N2O. The highest BCUT2D eigenvalue weighted by Gasteiger charge is 2.31. The van der Waals surface area contributed by atoms with E-state index in [0.717, 1.165) is 12.1 Å². The van der Waals surface area contributed by atoms with Crippen LogP contribution >= 0.6 is 0 Å². The summed E-state index contributed by atoms with van der Waals surface area (Å²) < 4.78 is 42.4. The quantitative estimate of drug-likeness (QED) is 0.836. The Morgan fingerprint density at radius 2 is 1.94 bits per heavy atom. The minimum absolute atomic E-state index is 0.0739. The summed E-state index contributed by atoms with van der Waals surface area (Å²) in [5.41, 5.74) is 10.4. The maximum Gasteiger partial charge on any atom is 0.416 e. The van der Waals surface area contributed by atoms with Gasteiger partial charge in [0.1, 0.15) is 5.75 Å². The molecule has 0 spiro atoms. The lowest BCUT2D eigenvalue weighted by atomic mass is 10.0. The largest absolute Gasteiger partial charge is 0.497 e. The van der Waals surface area contributed by atoms with E-state index in [1.165, 1.54) is 13.2 Å². The van der Waals surface area contributed by atoms with Gasteiger partial charge in [-0.2, -0.15) is 13.2 Å². The lowest BCUT2D eigenvalue weighted by molar-refractivity contribution is -0.137. The maximum atomic E-state index is 12.5. The first kappa shape index (κ1) is 12.8. The SMILES string of the molecule is COc1cc([C@@H](N)CN)cc(C(F)(F)F)c1. The Balaban J connectivity index is 3.21. The molecule has 1 rings (SSSR count). The maximum absolute atomic E-state index is 12.5. The van der Waals surface area contributed by atoms with Gasteiger partial charge in [-0.3, -0.25) is 0 Å². The third-order valence-electron chi connectivity index (χ3n) is 2.17. The minimum atomic E-state index is -4.42. The molecule has 0 radical (unpaired) electrons. The van der Waals surface area contributed by atoms with Gasteiger partial charge in [-0.1, -0.05) is 0 Å². The number of benzene rings is 1. The Bertz CT molecular complexity index is 366. The first-order chi connectivity index (χ1) is 7.38. The van der Waals surface area contributed by atoms with Crippen molar-refractivity contribution in [2.45, 2.75) is 12.2 Å². The molecule has 0 aliphatic carbocycles. The van der Waals surface area contributed by atoms with E-state index < -0.39 is 17.8 Å². The number of hydrogen-bond donors (Lipinski definition) is 2. The molecule has 0 saturated carbocycles. The van der Waals surface area contributed by atoms with Crippen LogP contribution < -0.4 is 16.2 Å². The van der Waals surface area contributed by atoms with E-state index in [-0.39, 0.29) is 12.3 Å². The first-order valence-corrected chi connectivity index (χ1v) is 4.60. The molecule has 0 amide bonds. The summed E-state index contributed by atoms with van der Waals surface area (Å²) in [6, 6.07) is 2.73. The molecule has 16 heavy (non-hydrogen) atoms. The van der Waals surface area contributed by atoms with E-state index in [1.54, 1.807) is 0 Å². The van der Waals surface area contributed by atoms with Gasteiger partial charge in [0, 0.05) is 12.6 Å². The topological polar surface area (TPSA) is 61.3 Å². The van der Waals surface area contributed by atoms with Crippen molar-refractivity contribution >= 4 is 0 Å². The Morgan fingerprint density at radius 1 is 1.31 bits per heavy atom. The van der Waals surface area contributed by atoms with Gasteiger partial charge in [-0.15, -0.1) is 0 Å². The molecule has 90 valence electrons. The van der Waals surface area contributed by atoms with Crippen LogP contribution in [0.25, 0.3) is 0 Å². The monoisotopic (exact) mass is 234 g/mol. The second-order valence-corrected chi connectivity index (χ2v) is 3.33. The molecule has 0 aliphatic heterocycles. The fourth-order valence-electron chi connectivity index (χ4n) is 1.25. The van der Waals surface area contributed by atoms with Crippen molar-refractivity contribution in [2.24, 2.45) is 11.5 Å². The second-order valence-electron chi connectivity index (χ2n) is 3.33. The summed E-state index contributed by atoms with van der Waals surface area (Å²) in [6.07, 6.45) is -4.42. The lowest BCUT2D eigenvalue weighted by Gasteiger charge is -2.14. The van der Waals surface area contributed by atoms with Crippen molar-refractivity contribution in [1.29, 1.82) is 0 Å². The number of alkyl halides is 3. The number of nitrogens with two attached hydrogens (primary N) is 2. The van der Waals surface area contributed by atoms with Crippen LogP contribution in [0.5, 0.6) is 5.75 Å². The van der Waals surface area contributed by atoms with Crippen molar-refractivity contribution < 1.29 is 17.9 Å². The van der Waals surface area contributed by atoms with Crippen LogP contribution in [-0.2, 0) is 6.18 Å². The van der Waals surface area contributed by atoms with Crippen LogP contribution in [0.15, 0.2) is 18.2 Å². The molecule has 0 bridgehead atoms. The highest BCUT2D eigenvalue weighted by atomic mass is 19.4. The Kier molecular flexibility index (Phi) is 3.77. The molecule has 0 heterocycles. The van der Waals surface area contributed by atoms with Crippen LogP contribution in [-0.4, -0.2) is 13.7 Å².